The zero-order valence-electron chi connectivity index (χ0n) is 38.6. The maximum Gasteiger partial charge on any atom is 0.0163 e. The third kappa shape index (κ3) is 44.4. The van der Waals surface area contributed by atoms with Crippen LogP contribution in [0, 0.1) is 0 Å². The van der Waals surface area contributed by atoms with Crippen molar-refractivity contribution in [3.8, 4) is 0 Å². The maximum atomic E-state index is 2.81. The Labute approximate surface area is 344 Å². The van der Waals surface area contributed by atoms with Gasteiger partial charge in [-0.05, 0) is 51.9 Å². The molecule has 324 valence electrons. The summed E-state index contributed by atoms with van der Waals surface area (Å²) in [5, 5.41) is 0. The molecule has 0 aliphatic carbocycles. The fraction of sp³-hybridized carbons (Fsp3) is 0.962. The highest BCUT2D eigenvalue weighted by molar-refractivity contribution is 4.88. The molecule has 0 fully saturated rings. The molecule has 0 bridgehead atoms. The molecule has 0 aromatic heterocycles. The van der Waals surface area contributed by atoms with E-state index in [1.54, 1.807) is 0 Å². The van der Waals surface area contributed by atoms with Gasteiger partial charge in [0.2, 0.25) is 0 Å². The fourth-order valence-corrected chi connectivity index (χ4v) is 8.33. The zero-order chi connectivity index (χ0) is 39.1. The smallest absolute Gasteiger partial charge is 0.0163 e. The molecule has 0 aliphatic rings. The van der Waals surface area contributed by atoms with E-state index in [4.69, 9.17) is 0 Å². The summed E-state index contributed by atoms with van der Waals surface area (Å²) in [7, 11) is 0. The van der Waals surface area contributed by atoms with E-state index in [1.165, 1.54) is 296 Å². The minimum atomic E-state index is 1.17. The number of nitrogens with zero attached hydrogens (tertiary/aromatic N) is 2. The summed E-state index contributed by atoms with van der Waals surface area (Å²) in [5.41, 5.74) is 0. The summed E-state index contributed by atoms with van der Waals surface area (Å²) in [6.07, 6.45) is 62.5. The molecule has 0 aromatic carbocycles. The average molecular weight is 759 g/mol. The van der Waals surface area contributed by atoms with Gasteiger partial charge in [-0.2, -0.15) is 0 Å². The molecule has 0 saturated carbocycles. The van der Waals surface area contributed by atoms with Gasteiger partial charge in [-0.25, -0.2) is 0 Å². The molecule has 2 heteroatoms. The number of rotatable bonds is 48. The first-order valence-electron chi connectivity index (χ1n) is 25.9. The SMILES string of the molecule is CCCCCCCCCCCCN(CC=CCN(CCCCCCCCCCCC)CCCCCCCCCCCC)CCCCCCCCCCCC. The largest absolute Gasteiger partial charge is 0.300 e. The number of hydrogen-bond acceptors (Lipinski definition) is 2. The van der Waals surface area contributed by atoms with Crippen molar-refractivity contribution in [3.63, 3.8) is 0 Å². The summed E-state index contributed by atoms with van der Waals surface area (Å²) in [6, 6.07) is 0. The van der Waals surface area contributed by atoms with Gasteiger partial charge in [0, 0.05) is 13.1 Å². The molecule has 0 N–H and O–H groups in total. The van der Waals surface area contributed by atoms with Crippen molar-refractivity contribution in [2.24, 2.45) is 0 Å². The molecule has 0 unspecified atom stereocenters. The Bertz CT molecular complexity index is 569. The molecule has 0 radical (unpaired) electrons. The van der Waals surface area contributed by atoms with E-state index < -0.39 is 0 Å². The number of unbranched alkanes of at least 4 members (excludes halogenated alkanes) is 36. The van der Waals surface area contributed by atoms with E-state index >= 15 is 0 Å². The van der Waals surface area contributed by atoms with Crippen LogP contribution in [0.3, 0.4) is 0 Å². The van der Waals surface area contributed by atoms with Crippen LogP contribution in [0.15, 0.2) is 12.2 Å². The lowest BCUT2D eigenvalue weighted by molar-refractivity contribution is 0.279. The minimum absolute atomic E-state index is 1.17. The van der Waals surface area contributed by atoms with E-state index in [0.717, 1.165) is 0 Å². The normalized spacial score (nSPS) is 12.0. The van der Waals surface area contributed by atoms with Gasteiger partial charge in [-0.1, -0.05) is 271 Å². The van der Waals surface area contributed by atoms with Crippen LogP contribution < -0.4 is 0 Å². The van der Waals surface area contributed by atoms with Crippen molar-refractivity contribution >= 4 is 0 Å². The van der Waals surface area contributed by atoms with Crippen LogP contribution in [0.2, 0.25) is 0 Å². The van der Waals surface area contributed by atoms with Crippen molar-refractivity contribution in [1.29, 1.82) is 0 Å². The Morgan fingerprint density at radius 1 is 0.204 bits per heavy atom. The average Bonchev–Trinajstić information content (AvgIpc) is 3.18. The Morgan fingerprint density at radius 3 is 0.519 bits per heavy atom. The second-order valence-corrected chi connectivity index (χ2v) is 17.8. The second-order valence-electron chi connectivity index (χ2n) is 17.8. The molecular weight excluding hydrogens is 653 g/mol. The van der Waals surface area contributed by atoms with Gasteiger partial charge in [-0.3, -0.25) is 9.80 Å². The van der Waals surface area contributed by atoms with Gasteiger partial charge in [0.25, 0.3) is 0 Å². The lowest BCUT2D eigenvalue weighted by Crippen LogP contribution is -2.28. The highest BCUT2D eigenvalue weighted by Gasteiger charge is 2.06. The standard InChI is InChI=1S/C52H106N2/c1-5-9-13-17-21-25-29-33-37-41-47-53(48-42-38-34-30-26-22-18-14-10-6-2)51-45-46-52-54(49-43-39-35-31-27-23-19-15-11-7-3)50-44-40-36-32-28-24-20-16-12-8-4/h45-46H,5-44,47-52H2,1-4H3. The van der Waals surface area contributed by atoms with Crippen LogP contribution in [0.4, 0.5) is 0 Å². The first kappa shape index (κ1) is 53.7. The van der Waals surface area contributed by atoms with Gasteiger partial charge in [0.15, 0.2) is 0 Å². The molecule has 2 nitrogen and oxygen atoms in total. The zero-order valence-corrected chi connectivity index (χ0v) is 38.6. The minimum Gasteiger partial charge on any atom is -0.300 e. The molecule has 0 rings (SSSR count). The van der Waals surface area contributed by atoms with Crippen molar-refractivity contribution in [3.05, 3.63) is 12.2 Å². The molecule has 54 heavy (non-hydrogen) atoms. The van der Waals surface area contributed by atoms with Crippen LogP contribution in [0.5, 0.6) is 0 Å². The summed E-state index contributed by atoms with van der Waals surface area (Å²) < 4.78 is 0. The van der Waals surface area contributed by atoms with Crippen molar-refractivity contribution < 1.29 is 0 Å². The maximum absolute atomic E-state index is 2.81. The van der Waals surface area contributed by atoms with Crippen LogP contribution in [0.1, 0.15) is 285 Å². The van der Waals surface area contributed by atoms with Crippen molar-refractivity contribution in [2.75, 3.05) is 39.3 Å². The van der Waals surface area contributed by atoms with E-state index in [1.807, 2.05) is 0 Å². The van der Waals surface area contributed by atoms with Crippen LogP contribution in [0.25, 0.3) is 0 Å². The third-order valence-corrected chi connectivity index (χ3v) is 12.2. The van der Waals surface area contributed by atoms with Gasteiger partial charge >= 0.3 is 0 Å². The lowest BCUT2D eigenvalue weighted by Gasteiger charge is -2.22. The highest BCUT2D eigenvalue weighted by atomic mass is 15.1. The first-order valence-corrected chi connectivity index (χ1v) is 25.9. The van der Waals surface area contributed by atoms with Crippen molar-refractivity contribution in [1.82, 2.24) is 9.80 Å². The van der Waals surface area contributed by atoms with Crippen molar-refractivity contribution in [2.45, 2.75) is 285 Å². The Morgan fingerprint density at radius 2 is 0.352 bits per heavy atom. The molecule has 0 spiro atoms. The molecular formula is C52H106N2. The monoisotopic (exact) mass is 759 g/mol. The summed E-state index contributed by atoms with van der Waals surface area (Å²) in [5.74, 6) is 0. The molecule has 0 heterocycles. The quantitative estimate of drug-likeness (QED) is 0.0450. The Hall–Kier alpha value is -0.340. The highest BCUT2D eigenvalue weighted by Crippen LogP contribution is 2.15. The molecule has 0 aliphatic heterocycles. The Balaban J connectivity index is 4.69. The van der Waals surface area contributed by atoms with E-state index in [0.29, 0.717) is 0 Å². The topological polar surface area (TPSA) is 6.48 Å². The molecule has 0 atom stereocenters. The summed E-state index contributed by atoms with van der Waals surface area (Å²) >= 11 is 0. The van der Waals surface area contributed by atoms with Gasteiger partial charge in [0.1, 0.15) is 0 Å². The predicted octanol–water partition coefficient (Wildman–Crippen LogP) is 17.8. The van der Waals surface area contributed by atoms with Gasteiger partial charge < -0.3 is 0 Å². The van der Waals surface area contributed by atoms with E-state index in [9.17, 15) is 0 Å². The Kier molecular flexibility index (Phi) is 48.5. The predicted molar refractivity (Wildman–Crippen MR) is 249 cm³/mol. The third-order valence-electron chi connectivity index (χ3n) is 12.2. The van der Waals surface area contributed by atoms with Crippen LogP contribution in [-0.4, -0.2) is 49.1 Å². The molecule has 0 amide bonds. The summed E-state index contributed by atoms with van der Waals surface area (Å²) in [6.45, 7) is 16.8. The van der Waals surface area contributed by atoms with Crippen LogP contribution in [-0.2, 0) is 0 Å². The van der Waals surface area contributed by atoms with E-state index in [2.05, 4.69) is 49.6 Å². The molecule has 0 aromatic rings. The summed E-state index contributed by atoms with van der Waals surface area (Å²) in [4.78, 5) is 5.61. The first-order chi connectivity index (χ1) is 26.8. The number of hydrogen-bond donors (Lipinski definition) is 0. The van der Waals surface area contributed by atoms with Crippen LogP contribution >= 0.6 is 0 Å². The second kappa shape index (κ2) is 48.8. The lowest BCUT2D eigenvalue weighted by atomic mass is 10.1. The van der Waals surface area contributed by atoms with Gasteiger partial charge in [0.05, 0.1) is 0 Å². The fourth-order valence-electron chi connectivity index (χ4n) is 8.33. The molecule has 0 saturated heterocycles. The van der Waals surface area contributed by atoms with Gasteiger partial charge in [-0.15, -0.1) is 0 Å². The van der Waals surface area contributed by atoms with E-state index in [-0.39, 0.29) is 0 Å².